The van der Waals surface area contributed by atoms with E-state index in [-0.39, 0.29) is 16.7 Å². The summed E-state index contributed by atoms with van der Waals surface area (Å²) in [5.41, 5.74) is -0.321. The average Bonchev–Trinajstić information content (AvgIpc) is 2.76. The fourth-order valence-electron chi connectivity index (χ4n) is 1.39. The summed E-state index contributed by atoms with van der Waals surface area (Å²) >= 11 is 0. The van der Waals surface area contributed by atoms with Gasteiger partial charge in [-0.15, -0.1) is 0 Å². The second kappa shape index (κ2) is 4.46. The zero-order valence-electron chi connectivity index (χ0n) is 8.78. The number of nitro groups is 1. The zero-order chi connectivity index (χ0) is 13.1. The number of nitro benzene ring substituents is 1. The van der Waals surface area contributed by atoms with Gasteiger partial charge < -0.3 is 5.32 Å². The van der Waals surface area contributed by atoms with E-state index < -0.39 is 22.9 Å². The Morgan fingerprint density at radius 3 is 3.00 bits per heavy atom. The minimum Gasteiger partial charge on any atom is -0.319 e. The summed E-state index contributed by atoms with van der Waals surface area (Å²) in [6.45, 7) is 0. The molecule has 0 fully saturated rings. The highest BCUT2D eigenvalue weighted by molar-refractivity contribution is 5.99. The van der Waals surface area contributed by atoms with Gasteiger partial charge in [-0.2, -0.15) is 5.26 Å². The third-order valence-corrected chi connectivity index (χ3v) is 2.10. The number of nitrogens with zero attached hydrogens (tertiary/aromatic N) is 4. The van der Waals surface area contributed by atoms with Crippen molar-refractivity contribution in [2.24, 2.45) is 0 Å². The molecule has 0 saturated carbocycles. The molecule has 0 aliphatic rings. The first-order valence-corrected chi connectivity index (χ1v) is 4.70. The molecular formula is C9H5N5O4. The van der Waals surface area contributed by atoms with Crippen molar-refractivity contribution in [2.45, 2.75) is 6.42 Å². The third-order valence-electron chi connectivity index (χ3n) is 2.10. The molecule has 1 aromatic heterocycles. The average molecular weight is 247 g/mol. The summed E-state index contributed by atoms with van der Waals surface area (Å²) in [6.07, 6.45) is -0.397. The van der Waals surface area contributed by atoms with Gasteiger partial charge in [-0.05, 0) is 22.4 Å². The molecule has 0 radical (unpaired) electrons. The third kappa shape index (κ3) is 1.94. The fraction of sp³-hybridized carbons (Fsp3) is 0.111. The van der Waals surface area contributed by atoms with Crippen LogP contribution in [0.1, 0.15) is 6.42 Å². The first kappa shape index (κ1) is 11.5. The summed E-state index contributed by atoms with van der Waals surface area (Å²) < 4.78 is 4.39. The Morgan fingerprint density at radius 1 is 1.56 bits per heavy atom. The minimum atomic E-state index is -0.700. The van der Waals surface area contributed by atoms with Gasteiger partial charge in [0.1, 0.15) is 17.6 Å². The Kier molecular flexibility index (Phi) is 2.84. The molecule has 0 atom stereocenters. The van der Waals surface area contributed by atoms with Gasteiger partial charge in [-0.3, -0.25) is 14.9 Å². The van der Waals surface area contributed by atoms with E-state index in [0.717, 1.165) is 0 Å². The van der Waals surface area contributed by atoms with Crippen molar-refractivity contribution in [3.63, 3.8) is 0 Å². The molecule has 0 aliphatic heterocycles. The molecule has 1 aromatic carbocycles. The summed E-state index contributed by atoms with van der Waals surface area (Å²) in [5, 5.41) is 28.4. The first-order valence-electron chi connectivity index (χ1n) is 4.70. The van der Waals surface area contributed by atoms with Crippen LogP contribution in [0.15, 0.2) is 16.8 Å². The highest BCUT2D eigenvalue weighted by Crippen LogP contribution is 2.31. The van der Waals surface area contributed by atoms with Gasteiger partial charge in [-0.1, -0.05) is 0 Å². The van der Waals surface area contributed by atoms with E-state index in [0.29, 0.717) is 0 Å². The monoisotopic (exact) mass is 247 g/mol. The van der Waals surface area contributed by atoms with Crippen molar-refractivity contribution in [3.8, 4) is 6.07 Å². The van der Waals surface area contributed by atoms with Gasteiger partial charge in [-0.25, -0.2) is 4.63 Å². The molecule has 90 valence electrons. The standard InChI is InChI=1S/C9H5N5O4/c10-4-3-7(15)11-6-2-1-5-8(13-18-12-5)9(6)14(16)17/h1-2H,3H2,(H,11,15). The number of hydrogen-bond donors (Lipinski definition) is 1. The molecule has 1 heterocycles. The lowest BCUT2D eigenvalue weighted by Gasteiger charge is -2.03. The highest BCUT2D eigenvalue weighted by Gasteiger charge is 2.23. The van der Waals surface area contributed by atoms with Gasteiger partial charge in [0.15, 0.2) is 0 Å². The second-order valence-electron chi connectivity index (χ2n) is 3.23. The molecule has 2 rings (SSSR count). The molecule has 2 aromatic rings. The van der Waals surface area contributed by atoms with Crippen LogP contribution < -0.4 is 5.32 Å². The van der Waals surface area contributed by atoms with Crippen LogP contribution in [0.5, 0.6) is 0 Å². The van der Waals surface area contributed by atoms with Crippen LogP contribution in [-0.4, -0.2) is 21.1 Å². The van der Waals surface area contributed by atoms with E-state index in [1.54, 1.807) is 6.07 Å². The summed E-state index contributed by atoms with van der Waals surface area (Å²) in [5.74, 6) is -0.642. The fourth-order valence-corrected chi connectivity index (χ4v) is 1.39. The number of aromatic nitrogens is 2. The van der Waals surface area contributed by atoms with Gasteiger partial charge in [0, 0.05) is 0 Å². The van der Waals surface area contributed by atoms with Gasteiger partial charge in [0.05, 0.1) is 11.0 Å². The van der Waals surface area contributed by atoms with Crippen molar-refractivity contribution < 1.29 is 14.3 Å². The number of fused-ring (bicyclic) bond motifs is 1. The van der Waals surface area contributed by atoms with Gasteiger partial charge >= 0.3 is 5.69 Å². The first-order chi connectivity index (χ1) is 8.63. The number of hydrogen-bond acceptors (Lipinski definition) is 7. The summed E-state index contributed by atoms with van der Waals surface area (Å²) in [4.78, 5) is 21.5. The SMILES string of the molecule is N#CCC(=O)Nc1ccc2nonc2c1[N+](=O)[O-]. The zero-order valence-corrected chi connectivity index (χ0v) is 8.78. The van der Waals surface area contributed by atoms with Crippen molar-refractivity contribution in [2.75, 3.05) is 5.32 Å². The predicted octanol–water partition coefficient (Wildman–Crippen LogP) is 0.983. The Balaban J connectivity index is 2.50. The number of nitriles is 1. The number of carbonyl (C=O) groups is 1. The maximum Gasteiger partial charge on any atom is 0.324 e. The molecule has 1 N–H and O–H groups in total. The van der Waals surface area contributed by atoms with E-state index in [1.807, 2.05) is 0 Å². The Bertz CT molecular complexity index is 671. The van der Waals surface area contributed by atoms with E-state index >= 15 is 0 Å². The summed E-state index contributed by atoms with van der Waals surface area (Å²) in [7, 11) is 0. The number of nitrogens with one attached hydrogen (secondary N) is 1. The van der Waals surface area contributed by atoms with Crippen LogP contribution in [0.3, 0.4) is 0 Å². The van der Waals surface area contributed by atoms with Crippen LogP contribution in [0.25, 0.3) is 11.0 Å². The Labute approximate surface area is 99.1 Å². The Hall–Kier alpha value is -3.02. The maximum atomic E-state index is 11.2. The van der Waals surface area contributed by atoms with E-state index in [4.69, 9.17) is 5.26 Å². The van der Waals surface area contributed by atoms with E-state index in [2.05, 4.69) is 20.3 Å². The molecular weight excluding hydrogens is 242 g/mol. The minimum absolute atomic E-state index is 0.0524. The summed E-state index contributed by atoms with van der Waals surface area (Å²) in [6, 6.07) is 4.36. The van der Waals surface area contributed by atoms with Crippen LogP contribution in [0.4, 0.5) is 11.4 Å². The van der Waals surface area contributed by atoms with Crippen LogP contribution >= 0.6 is 0 Å². The predicted molar refractivity (Wildman–Crippen MR) is 57.3 cm³/mol. The van der Waals surface area contributed by atoms with E-state index in [1.165, 1.54) is 12.1 Å². The smallest absolute Gasteiger partial charge is 0.319 e. The van der Waals surface area contributed by atoms with Crippen molar-refractivity contribution in [1.82, 2.24) is 10.3 Å². The molecule has 1 amide bonds. The number of anilines is 1. The molecule has 9 nitrogen and oxygen atoms in total. The lowest BCUT2D eigenvalue weighted by molar-refractivity contribution is -0.382. The molecule has 18 heavy (non-hydrogen) atoms. The molecule has 0 bridgehead atoms. The molecule has 9 heteroatoms. The number of amides is 1. The van der Waals surface area contributed by atoms with Gasteiger partial charge in [0.25, 0.3) is 0 Å². The Morgan fingerprint density at radius 2 is 2.33 bits per heavy atom. The molecule has 0 aliphatic carbocycles. The quantitative estimate of drug-likeness (QED) is 0.630. The molecule has 0 unspecified atom stereocenters. The van der Waals surface area contributed by atoms with Gasteiger partial charge in [0.2, 0.25) is 11.4 Å². The van der Waals surface area contributed by atoms with Crippen LogP contribution in [0, 0.1) is 21.4 Å². The highest BCUT2D eigenvalue weighted by atomic mass is 16.6. The number of carbonyl (C=O) groups excluding carboxylic acids is 1. The second-order valence-corrected chi connectivity index (χ2v) is 3.23. The number of benzene rings is 1. The van der Waals surface area contributed by atoms with Crippen LogP contribution in [-0.2, 0) is 4.79 Å². The maximum absolute atomic E-state index is 11.2. The molecule has 0 saturated heterocycles. The van der Waals surface area contributed by atoms with E-state index in [9.17, 15) is 14.9 Å². The van der Waals surface area contributed by atoms with Crippen molar-refractivity contribution in [3.05, 3.63) is 22.2 Å². The van der Waals surface area contributed by atoms with Crippen LogP contribution in [0.2, 0.25) is 0 Å². The normalized spacial score (nSPS) is 9.94. The topological polar surface area (TPSA) is 135 Å². The molecule has 0 spiro atoms. The van der Waals surface area contributed by atoms with Crippen molar-refractivity contribution >= 4 is 28.3 Å². The lowest BCUT2D eigenvalue weighted by Crippen LogP contribution is -2.11. The lowest BCUT2D eigenvalue weighted by atomic mass is 10.2. The largest absolute Gasteiger partial charge is 0.324 e. The number of rotatable bonds is 3. The van der Waals surface area contributed by atoms with Crippen molar-refractivity contribution in [1.29, 1.82) is 5.26 Å².